The lowest BCUT2D eigenvalue weighted by Crippen LogP contribution is -2.31. The Morgan fingerprint density at radius 2 is 1.77 bits per heavy atom. The van der Waals surface area contributed by atoms with E-state index in [1.807, 2.05) is 67.7 Å². The van der Waals surface area contributed by atoms with Crippen LogP contribution in [0.1, 0.15) is 11.3 Å². The van der Waals surface area contributed by atoms with Crippen molar-refractivity contribution in [2.75, 3.05) is 25.5 Å². The monoisotopic (exact) mass is 413 g/mol. The van der Waals surface area contributed by atoms with E-state index in [2.05, 4.69) is 32.4 Å². The molecule has 5 rings (SSSR count). The molecule has 0 atom stereocenters. The zero-order valence-corrected chi connectivity index (χ0v) is 17.5. The lowest BCUT2D eigenvalue weighted by atomic mass is 10.2. The zero-order chi connectivity index (χ0) is 21.4. The second-order valence-electron chi connectivity index (χ2n) is 7.85. The highest BCUT2D eigenvalue weighted by molar-refractivity contribution is 5.74. The van der Waals surface area contributed by atoms with Crippen molar-refractivity contribution in [2.45, 2.75) is 13.0 Å². The van der Waals surface area contributed by atoms with Gasteiger partial charge >= 0.3 is 0 Å². The Bertz CT molecular complexity index is 1280. The highest BCUT2D eigenvalue weighted by Crippen LogP contribution is 2.35. The lowest BCUT2D eigenvalue weighted by molar-refractivity contribution is 0.396. The average molecular weight is 413 g/mol. The molecule has 0 unspecified atom stereocenters. The van der Waals surface area contributed by atoms with E-state index in [4.69, 9.17) is 0 Å². The van der Waals surface area contributed by atoms with Crippen LogP contribution in [-0.4, -0.2) is 50.3 Å². The molecule has 0 aliphatic carbocycles. The van der Waals surface area contributed by atoms with Gasteiger partial charge in [0.2, 0.25) is 0 Å². The van der Waals surface area contributed by atoms with Gasteiger partial charge in [0, 0.05) is 18.8 Å². The van der Waals surface area contributed by atoms with Gasteiger partial charge in [-0.2, -0.15) is 9.78 Å². The number of nitrogens with zero attached hydrogens (tertiary/aromatic N) is 7. The van der Waals surface area contributed by atoms with Crippen molar-refractivity contribution in [3.05, 3.63) is 88.6 Å². The van der Waals surface area contributed by atoms with Crippen molar-refractivity contribution in [2.24, 2.45) is 0 Å². The third-order valence-corrected chi connectivity index (χ3v) is 5.36. The molecule has 0 radical (unpaired) electrons. The fraction of sp³-hybridized carbons (Fsp3) is 0.217. The van der Waals surface area contributed by atoms with Crippen LogP contribution in [0.2, 0.25) is 0 Å². The number of benzene rings is 2. The Kier molecular flexibility index (Phi) is 4.83. The van der Waals surface area contributed by atoms with Crippen molar-refractivity contribution in [1.29, 1.82) is 0 Å². The van der Waals surface area contributed by atoms with Crippen molar-refractivity contribution in [3.8, 4) is 11.4 Å². The predicted molar refractivity (Wildman–Crippen MR) is 119 cm³/mol. The fourth-order valence-corrected chi connectivity index (χ4v) is 3.99. The third-order valence-electron chi connectivity index (χ3n) is 5.36. The summed E-state index contributed by atoms with van der Waals surface area (Å²) in [6.45, 7) is 1.38. The number of aromatic nitrogens is 5. The first-order valence-corrected chi connectivity index (χ1v) is 10.2. The summed E-state index contributed by atoms with van der Waals surface area (Å²) < 4.78 is 3.09. The molecule has 0 fully saturated rings. The molecule has 31 heavy (non-hydrogen) atoms. The average Bonchev–Trinajstić information content (AvgIpc) is 3.41. The van der Waals surface area contributed by atoms with Crippen molar-refractivity contribution in [1.82, 2.24) is 29.7 Å². The molecule has 0 saturated carbocycles. The smallest absolute Gasteiger partial charge is 0.297 e. The van der Waals surface area contributed by atoms with Crippen molar-refractivity contribution in [3.63, 3.8) is 0 Å². The van der Waals surface area contributed by atoms with E-state index >= 15 is 0 Å². The van der Waals surface area contributed by atoms with Crippen LogP contribution in [0.5, 0.6) is 0 Å². The lowest BCUT2D eigenvalue weighted by Gasteiger charge is -2.22. The molecule has 1 aliphatic heterocycles. The Labute approximate surface area is 180 Å². The number of para-hydroxylation sites is 2. The molecule has 2 aromatic carbocycles. The van der Waals surface area contributed by atoms with E-state index in [1.165, 1.54) is 10.2 Å². The van der Waals surface area contributed by atoms with Crippen LogP contribution >= 0.6 is 0 Å². The van der Waals surface area contributed by atoms with Crippen LogP contribution in [0.4, 0.5) is 11.4 Å². The molecule has 2 aromatic heterocycles. The molecule has 156 valence electrons. The Morgan fingerprint density at radius 3 is 2.58 bits per heavy atom. The summed E-state index contributed by atoms with van der Waals surface area (Å²) in [4.78, 5) is 17.8. The molecule has 3 heterocycles. The maximum atomic E-state index is 13.7. The first-order valence-electron chi connectivity index (χ1n) is 10.2. The van der Waals surface area contributed by atoms with Gasteiger partial charge in [-0.1, -0.05) is 41.6 Å². The van der Waals surface area contributed by atoms with E-state index in [-0.39, 0.29) is 5.56 Å². The molecule has 0 spiro atoms. The number of hydrogen-bond donors (Lipinski definition) is 0. The Balaban J connectivity index is 1.69. The first-order chi connectivity index (χ1) is 15.1. The van der Waals surface area contributed by atoms with Gasteiger partial charge in [-0.05, 0) is 44.3 Å². The van der Waals surface area contributed by atoms with Crippen LogP contribution in [0.3, 0.4) is 0 Å². The summed E-state index contributed by atoms with van der Waals surface area (Å²) in [6.07, 6.45) is 4.43. The third kappa shape index (κ3) is 3.51. The van der Waals surface area contributed by atoms with Gasteiger partial charge < -0.3 is 9.80 Å². The van der Waals surface area contributed by atoms with E-state index < -0.39 is 0 Å². The molecule has 1 aliphatic rings. The highest BCUT2D eigenvalue weighted by Gasteiger charge is 2.27. The highest BCUT2D eigenvalue weighted by atomic mass is 16.1. The van der Waals surface area contributed by atoms with Gasteiger partial charge in [-0.3, -0.25) is 4.79 Å². The summed E-state index contributed by atoms with van der Waals surface area (Å²) in [7, 11) is 3.96. The molecule has 0 saturated heterocycles. The maximum absolute atomic E-state index is 13.7. The number of rotatable bonds is 5. The standard InChI is InChI=1S/C23H23N7O/c1-27(2)15-18-16-29(26-25-18)21-14-24-30(19-9-4-3-5-10-19)23(31)22(21)28-13-12-17-8-6-7-11-20(17)28/h3-11,14,16H,12-13,15H2,1-2H3. The number of anilines is 2. The van der Waals surface area contributed by atoms with Gasteiger partial charge in [0.15, 0.2) is 0 Å². The largest absolute Gasteiger partial charge is 0.335 e. The van der Waals surface area contributed by atoms with E-state index in [1.54, 1.807) is 10.9 Å². The zero-order valence-electron chi connectivity index (χ0n) is 17.5. The normalized spacial score (nSPS) is 13.1. The van der Waals surface area contributed by atoms with E-state index in [0.29, 0.717) is 17.9 Å². The molecule has 0 N–H and O–H groups in total. The molecule has 0 amide bonds. The second-order valence-corrected chi connectivity index (χ2v) is 7.85. The Hall–Kier alpha value is -3.78. The topological polar surface area (TPSA) is 72.1 Å². The van der Waals surface area contributed by atoms with Crippen LogP contribution in [0.25, 0.3) is 11.4 Å². The first kappa shape index (κ1) is 19.2. The van der Waals surface area contributed by atoms with Crippen LogP contribution < -0.4 is 10.5 Å². The summed E-state index contributed by atoms with van der Waals surface area (Å²) in [5.74, 6) is 0. The van der Waals surface area contributed by atoms with Crippen LogP contribution in [-0.2, 0) is 13.0 Å². The summed E-state index contributed by atoms with van der Waals surface area (Å²) in [5, 5.41) is 13.0. The number of hydrogen-bond acceptors (Lipinski definition) is 6. The molecule has 0 bridgehead atoms. The van der Waals surface area contributed by atoms with E-state index in [9.17, 15) is 4.79 Å². The van der Waals surface area contributed by atoms with E-state index in [0.717, 1.165) is 30.0 Å². The molecule has 4 aromatic rings. The summed E-state index contributed by atoms with van der Waals surface area (Å²) >= 11 is 0. The van der Waals surface area contributed by atoms with Gasteiger partial charge in [-0.15, -0.1) is 5.10 Å². The quantitative estimate of drug-likeness (QED) is 0.501. The molecule has 8 heteroatoms. The fourth-order valence-electron chi connectivity index (χ4n) is 3.99. The number of fused-ring (bicyclic) bond motifs is 1. The van der Waals surface area contributed by atoms with Crippen molar-refractivity contribution < 1.29 is 0 Å². The summed E-state index contributed by atoms with van der Waals surface area (Å²) in [5.41, 5.74) is 4.79. The molecular formula is C23H23N7O. The molecule has 8 nitrogen and oxygen atoms in total. The maximum Gasteiger partial charge on any atom is 0.297 e. The minimum atomic E-state index is -0.190. The van der Waals surface area contributed by atoms with Gasteiger partial charge in [0.05, 0.1) is 23.8 Å². The van der Waals surface area contributed by atoms with Gasteiger partial charge in [-0.25, -0.2) is 4.68 Å². The SMILES string of the molecule is CN(C)Cc1cn(-c2cnn(-c3ccccc3)c(=O)c2N2CCc3ccccc32)nn1. The van der Waals surface area contributed by atoms with Crippen molar-refractivity contribution >= 4 is 11.4 Å². The van der Waals surface area contributed by atoms with Crippen LogP contribution in [0.15, 0.2) is 71.8 Å². The van der Waals surface area contributed by atoms with Gasteiger partial charge in [0.25, 0.3) is 5.56 Å². The second kappa shape index (κ2) is 7.81. The Morgan fingerprint density at radius 1 is 1.00 bits per heavy atom. The minimum Gasteiger partial charge on any atom is -0.335 e. The summed E-state index contributed by atoms with van der Waals surface area (Å²) in [6, 6.07) is 17.7. The van der Waals surface area contributed by atoms with Crippen LogP contribution in [0, 0.1) is 0 Å². The molecular weight excluding hydrogens is 390 g/mol. The van der Waals surface area contributed by atoms with Gasteiger partial charge in [0.1, 0.15) is 11.4 Å². The predicted octanol–water partition coefficient (Wildman–Crippen LogP) is 2.57. The minimum absolute atomic E-state index is 0.190.